The van der Waals surface area contributed by atoms with Crippen molar-refractivity contribution >= 4 is 11.9 Å². The van der Waals surface area contributed by atoms with Crippen molar-refractivity contribution in [3.63, 3.8) is 0 Å². The Hall–Kier alpha value is -1.14. The molecule has 0 aliphatic carbocycles. The van der Waals surface area contributed by atoms with Crippen molar-refractivity contribution in [2.24, 2.45) is 0 Å². The SMILES string of the molecule is CCNC(=O)NC(=O)C(C)NC1CCOC1C. The third-order valence-electron chi connectivity index (χ3n) is 2.81. The third kappa shape index (κ3) is 4.32. The first kappa shape index (κ1) is 13.9. The quantitative estimate of drug-likeness (QED) is 0.648. The lowest BCUT2D eigenvalue weighted by atomic mass is 10.1. The van der Waals surface area contributed by atoms with Crippen LogP contribution in [0.1, 0.15) is 27.2 Å². The van der Waals surface area contributed by atoms with Gasteiger partial charge in [-0.05, 0) is 27.2 Å². The summed E-state index contributed by atoms with van der Waals surface area (Å²) in [5, 5.41) is 7.95. The lowest BCUT2D eigenvalue weighted by Gasteiger charge is -2.20. The average Bonchev–Trinajstić information content (AvgIpc) is 2.64. The maximum Gasteiger partial charge on any atom is 0.321 e. The standard InChI is InChI=1S/C11H21N3O3/c1-4-12-11(16)14-10(15)7(2)13-9-5-6-17-8(9)3/h7-9,13H,4-6H2,1-3H3,(H2,12,14,15,16). The smallest absolute Gasteiger partial charge is 0.321 e. The molecule has 3 amide bonds. The highest BCUT2D eigenvalue weighted by Gasteiger charge is 2.27. The van der Waals surface area contributed by atoms with Gasteiger partial charge in [-0.15, -0.1) is 0 Å². The first-order valence-electron chi connectivity index (χ1n) is 6.01. The Morgan fingerprint density at radius 1 is 1.47 bits per heavy atom. The van der Waals surface area contributed by atoms with E-state index in [2.05, 4.69) is 16.0 Å². The van der Waals surface area contributed by atoms with E-state index in [1.807, 2.05) is 6.92 Å². The maximum absolute atomic E-state index is 11.6. The number of urea groups is 1. The zero-order valence-electron chi connectivity index (χ0n) is 10.6. The summed E-state index contributed by atoms with van der Waals surface area (Å²) in [4.78, 5) is 22.8. The molecule has 3 unspecified atom stereocenters. The van der Waals surface area contributed by atoms with Gasteiger partial charge in [0.15, 0.2) is 0 Å². The van der Waals surface area contributed by atoms with Crippen LogP contribution in [0.25, 0.3) is 0 Å². The predicted molar refractivity (Wildman–Crippen MR) is 63.6 cm³/mol. The molecule has 17 heavy (non-hydrogen) atoms. The summed E-state index contributed by atoms with van der Waals surface area (Å²) < 4.78 is 5.39. The van der Waals surface area contributed by atoms with Gasteiger partial charge >= 0.3 is 6.03 Å². The van der Waals surface area contributed by atoms with Crippen LogP contribution < -0.4 is 16.0 Å². The lowest BCUT2D eigenvalue weighted by molar-refractivity contribution is -0.121. The van der Waals surface area contributed by atoms with Crippen LogP contribution in [0.3, 0.4) is 0 Å². The molecule has 0 aromatic heterocycles. The van der Waals surface area contributed by atoms with E-state index in [-0.39, 0.29) is 18.1 Å². The van der Waals surface area contributed by atoms with Crippen LogP contribution in [-0.2, 0) is 9.53 Å². The summed E-state index contributed by atoms with van der Waals surface area (Å²) in [6.45, 7) is 6.71. The topological polar surface area (TPSA) is 79.5 Å². The minimum Gasteiger partial charge on any atom is -0.377 e. The maximum atomic E-state index is 11.6. The number of amides is 3. The number of carbonyl (C=O) groups excluding carboxylic acids is 2. The van der Waals surface area contributed by atoms with Crippen LogP contribution >= 0.6 is 0 Å². The molecule has 98 valence electrons. The minimum absolute atomic E-state index is 0.106. The van der Waals surface area contributed by atoms with Gasteiger partial charge in [0.2, 0.25) is 5.91 Å². The number of nitrogens with one attached hydrogen (secondary N) is 3. The minimum atomic E-state index is -0.457. The summed E-state index contributed by atoms with van der Waals surface area (Å²) in [6, 6.07) is -0.696. The van der Waals surface area contributed by atoms with Crippen LogP contribution in [0.15, 0.2) is 0 Å². The molecule has 0 aromatic carbocycles. The normalized spacial score (nSPS) is 25.4. The van der Waals surface area contributed by atoms with Gasteiger partial charge in [-0.1, -0.05) is 0 Å². The van der Waals surface area contributed by atoms with Crippen molar-refractivity contribution < 1.29 is 14.3 Å². The van der Waals surface area contributed by atoms with Crippen molar-refractivity contribution in [3.8, 4) is 0 Å². The molecule has 0 spiro atoms. The Kier molecular flexibility index (Phi) is 5.37. The highest BCUT2D eigenvalue weighted by molar-refractivity contribution is 5.96. The summed E-state index contributed by atoms with van der Waals surface area (Å²) in [5.74, 6) is -0.324. The summed E-state index contributed by atoms with van der Waals surface area (Å²) >= 11 is 0. The van der Waals surface area contributed by atoms with Gasteiger partial charge in [-0.25, -0.2) is 4.79 Å². The molecular weight excluding hydrogens is 222 g/mol. The predicted octanol–water partition coefficient (Wildman–Crippen LogP) is -0.0124. The van der Waals surface area contributed by atoms with E-state index >= 15 is 0 Å². The number of rotatable bonds is 4. The molecule has 1 aliphatic heterocycles. The molecule has 3 atom stereocenters. The van der Waals surface area contributed by atoms with Crippen LogP contribution in [0.2, 0.25) is 0 Å². The Morgan fingerprint density at radius 2 is 2.18 bits per heavy atom. The second kappa shape index (κ2) is 6.56. The highest BCUT2D eigenvalue weighted by atomic mass is 16.5. The van der Waals surface area contributed by atoms with E-state index in [0.29, 0.717) is 13.2 Å². The molecule has 0 radical (unpaired) electrons. The Morgan fingerprint density at radius 3 is 2.71 bits per heavy atom. The van der Waals surface area contributed by atoms with Gasteiger partial charge in [-0.2, -0.15) is 0 Å². The summed E-state index contributed by atoms with van der Waals surface area (Å²) in [7, 11) is 0. The molecule has 0 aromatic rings. The van der Waals surface area contributed by atoms with Crippen LogP contribution in [0, 0.1) is 0 Å². The average molecular weight is 243 g/mol. The summed E-state index contributed by atoms with van der Waals surface area (Å²) in [6.07, 6.45) is 0.995. The van der Waals surface area contributed by atoms with E-state index in [9.17, 15) is 9.59 Å². The fraction of sp³-hybridized carbons (Fsp3) is 0.818. The molecule has 6 nitrogen and oxygen atoms in total. The molecule has 1 heterocycles. The number of ether oxygens (including phenoxy) is 1. The zero-order chi connectivity index (χ0) is 12.8. The first-order valence-corrected chi connectivity index (χ1v) is 6.01. The van der Waals surface area contributed by atoms with Gasteiger partial charge in [0, 0.05) is 19.2 Å². The van der Waals surface area contributed by atoms with Crippen molar-refractivity contribution in [2.75, 3.05) is 13.2 Å². The fourth-order valence-corrected chi connectivity index (χ4v) is 1.77. The molecule has 6 heteroatoms. The number of carbonyl (C=O) groups is 2. The van der Waals surface area contributed by atoms with E-state index in [1.165, 1.54) is 0 Å². The van der Waals surface area contributed by atoms with Crippen molar-refractivity contribution in [3.05, 3.63) is 0 Å². The molecule has 3 N–H and O–H groups in total. The van der Waals surface area contributed by atoms with E-state index in [0.717, 1.165) is 6.42 Å². The summed E-state index contributed by atoms with van der Waals surface area (Å²) in [5.41, 5.74) is 0. The van der Waals surface area contributed by atoms with Gasteiger partial charge < -0.3 is 15.4 Å². The Labute approximate surface area is 101 Å². The fourth-order valence-electron chi connectivity index (χ4n) is 1.77. The van der Waals surface area contributed by atoms with Crippen LogP contribution in [0.4, 0.5) is 4.79 Å². The van der Waals surface area contributed by atoms with Crippen molar-refractivity contribution in [1.29, 1.82) is 0 Å². The van der Waals surface area contributed by atoms with E-state index in [1.54, 1.807) is 13.8 Å². The van der Waals surface area contributed by atoms with Gasteiger partial charge in [0.25, 0.3) is 0 Å². The van der Waals surface area contributed by atoms with Crippen molar-refractivity contribution in [2.45, 2.75) is 45.4 Å². The van der Waals surface area contributed by atoms with Crippen LogP contribution in [0.5, 0.6) is 0 Å². The highest BCUT2D eigenvalue weighted by Crippen LogP contribution is 2.13. The Bertz CT molecular complexity index is 283. The molecule has 0 bridgehead atoms. The van der Waals surface area contributed by atoms with Gasteiger partial charge in [0.1, 0.15) is 0 Å². The molecular formula is C11H21N3O3. The third-order valence-corrected chi connectivity index (χ3v) is 2.81. The lowest BCUT2D eigenvalue weighted by Crippen LogP contribution is -2.51. The molecule has 1 aliphatic rings. The molecule has 1 saturated heterocycles. The monoisotopic (exact) mass is 243 g/mol. The number of imide groups is 1. The van der Waals surface area contributed by atoms with Gasteiger partial charge in [-0.3, -0.25) is 10.1 Å². The second-order valence-electron chi connectivity index (χ2n) is 4.21. The largest absolute Gasteiger partial charge is 0.377 e. The van der Waals surface area contributed by atoms with Crippen LogP contribution in [-0.4, -0.2) is 43.3 Å². The second-order valence-corrected chi connectivity index (χ2v) is 4.21. The van der Waals surface area contributed by atoms with E-state index in [4.69, 9.17) is 4.74 Å². The number of hydrogen-bond acceptors (Lipinski definition) is 4. The van der Waals surface area contributed by atoms with E-state index < -0.39 is 12.1 Å². The van der Waals surface area contributed by atoms with Gasteiger partial charge in [0.05, 0.1) is 12.1 Å². The Balaban J connectivity index is 2.33. The van der Waals surface area contributed by atoms with Crippen molar-refractivity contribution in [1.82, 2.24) is 16.0 Å². The molecule has 0 saturated carbocycles. The zero-order valence-corrected chi connectivity index (χ0v) is 10.6. The number of hydrogen-bond donors (Lipinski definition) is 3. The molecule has 1 fully saturated rings. The molecule has 1 rings (SSSR count). The first-order chi connectivity index (χ1) is 8.04.